The molecule has 1 saturated heterocycles. The van der Waals surface area contributed by atoms with Gasteiger partial charge in [-0.05, 0) is 17.7 Å². The van der Waals surface area contributed by atoms with Crippen molar-refractivity contribution in [2.24, 2.45) is 0 Å². The van der Waals surface area contributed by atoms with Crippen LogP contribution in [0.4, 0.5) is 4.79 Å². The van der Waals surface area contributed by atoms with Crippen molar-refractivity contribution < 1.29 is 23.8 Å². The van der Waals surface area contributed by atoms with E-state index in [-0.39, 0.29) is 18.4 Å². The normalized spacial score (nSPS) is 14.7. The summed E-state index contributed by atoms with van der Waals surface area (Å²) in [6.45, 7) is 4.18. The summed E-state index contributed by atoms with van der Waals surface area (Å²) in [7, 11) is 4.54. The van der Waals surface area contributed by atoms with Gasteiger partial charge in [0.15, 0.2) is 11.5 Å². The Bertz CT molecular complexity index is 615. The van der Waals surface area contributed by atoms with Crippen molar-refractivity contribution in [2.45, 2.75) is 6.42 Å². The van der Waals surface area contributed by atoms with Crippen LogP contribution in [0.5, 0.6) is 11.5 Å². The number of rotatable bonds is 7. The molecule has 0 aromatic heterocycles. The molecule has 1 aromatic rings. The summed E-state index contributed by atoms with van der Waals surface area (Å²) < 4.78 is 15.2. The van der Waals surface area contributed by atoms with Crippen molar-refractivity contribution in [3.63, 3.8) is 0 Å². The summed E-state index contributed by atoms with van der Waals surface area (Å²) in [5, 5.41) is 2.93. The van der Waals surface area contributed by atoms with E-state index in [4.69, 9.17) is 14.2 Å². The van der Waals surface area contributed by atoms with Gasteiger partial charge in [-0.2, -0.15) is 0 Å². The minimum atomic E-state index is -0.284. The maximum Gasteiger partial charge on any atom is 0.409 e. The fourth-order valence-electron chi connectivity index (χ4n) is 2.88. The van der Waals surface area contributed by atoms with E-state index in [9.17, 15) is 9.59 Å². The lowest BCUT2D eigenvalue weighted by Gasteiger charge is -2.33. The second-order valence-corrected chi connectivity index (χ2v) is 6.01. The molecule has 1 heterocycles. The Balaban J connectivity index is 1.70. The lowest BCUT2D eigenvalue weighted by atomic mass is 10.1. The molecule has 0 bridgehead atoms. The Morgan fingerprint density at radius 1 is 1.04 bits per heavy atom. The molecule has 0 saturated carbocycles. The van der Waals surface area contributed by atoms with Gasteiger partial charge in [0.1, 0.15) is 0 Å². The van der Waals surface area contributed by atoms with Crippen LogP contribution in [0.15, 0.2) is 18.2 Å². The third-order valence-electron chi connectivity index (χ3n) is 4.37. The molecule has 2 rings (SSSR count). The number of amides is 2. The number of hydrogen-bond acceptors (Lipinski definition) is 6. The molecule has 1 aliphatic heterocycles. The Kier molecular flexibility index (Phi) is 7.53. The van der Waals surface area contributed by atoms with Gasteiger partial charge < -0.3 is 24.4 Å². The van der Waals surface area contributed by atoms with Gasteiger partial charge in [0, 0.05) is 39.3 Å². The highest BCUT2D eigenvalue weighted by atomic mass is 16.5. The van der Waals surface area contributed by atoms with Gasteiger partial charge in [0.05, 0.1) is 27.8 Å². The Labute approximate surface area is 154 Å². The second kappa shape index (κ2) is 9.86. The molecule has 144 valence electrons. The summed E-state index contributed by atoms with van der Waals surface area (Å²) in [5.41, 5.74) is 0.867. The first-order valence-corrected chi connectivity index (χ1v) is 8.60. The topological polar surface area (TPSA) is 80.3 Å². The zero-order valence-electron chi connectivity index (χ0n) is 15.6. The van der Waals surface area contributed by atoms with Gasteiger partial charge in [0.2, 0.25) is 5.91 Å². The Hall–Kier alpha value is -2.48. The lowest BCUT2D eigenvalue weighted by Crippen LogP contribution is -2.50. The summed E-state index contributed by atoms with van der Waals surface area (Å²) in [6.07, 6.45) is 0.00379. The first-order valence-electron chi connectivity index (χ1n) is 8.60. The van der Waals surface area contributed by atoms with E-state index in [1.165, 1.54) is 7.11 Å². The van der Waals surface area contributed by atoms with E-state index in [0.29, 0.717) is 31.1 Å². The van der Waals surface area contributed by atoms with E-state index in [0.717, 1.165) is 25.2 Å². The first-order chi connectivity index (χ1) is 12.6. The van der Waals surface area contributed by atoms with Gasteiger partial charge in [-0.15, -0.1) is 0 Å². The van der Waals surface area contributed by atoms with Crippen LogP contribution in [0.1, 0.15) is 5.56 Å². The van der Waals surface area contributed by atoms with Crippen LogP contribution in [-0.2, 0) is 16.0 Å². The summed E-state index contributed by atoms with van der Waals surface area (Å²) in [5.74, 6) is 1.22. The fourth-order valence-corrected chi connectivity index (χ4v) is 2.88. The van der Waals surface area contributed by atoms with E-state index < -0.39 is 0 Å². The van der Waals surface area contributed by atoms with Gasteiger partial charge in [-0.1, -0.05) is 6.07 Å². The Morgan fingerprint density at radius 2 is 1.73 bits per heavy atom. The van der Waals surface area contributed by atoms with Crippen molar-refractivity contribution in [3.8, 4) is 11.5 Å². The Morgan fingerprint density at radius 3 is 2.35 bits per heavy atom. The molecule has 8 heteroatoms. The van der Waals surface area contributed by atoms with Crippen molar-refractivity contribution in [3.05, 3.63) is 23.8 Å². The maximum atomic E-state index is 12.1. The van der Waals surface area contributed by atoms with Crippen LogP contribution in [0, 0.1) is 0 Å². The standard InChI is InChI=1S/C18H27N3O5/c1-24-15-5-4-14(12-16(15)25-2)13-17(22)19-6-7-20-8-10-21(11-9-20)18(23)26-3/h4-5,12H,6-11,13H2,1-3H3,(H,19,22). The smallest absolute Gasteiger partial charge is 0.409 e. The molecule has 26 heavy (non-hydrogen) atoms. The van der Waals surface area contributed by atoms with Crippen molar-refractivity contribution >= 4 is 12.0 Å². The third kappa shape index (κ3) is 5.52. The van der Waals surface area contributed by atoms with E-state index >= 15 is 0 Å². The molecular weight excluding hydrogens is 338 g/mol. The minimum Gasteiger partial charge on any atom is -0.493 e. The minimum absolute atomic E-state index is 0.0367. The van der Waals surface area contributed by atoms with E-state index in [1.807, 2.05) is 12.1 Å². The third-order valence-corrected chi connectivity index (χ3v) is 4.37. The zero-order chi connectivity index (χ0) is 18.9. The summed E-state index contributed by atoms with van der Waals surface area (Å²) in [4.78, 5) is 27.5. The molecule has 1 fully saturated rings. The van der Waals surface area contributed by atoms with Gasteiger partial charge in [-0.3, -0.25) is 9.69 Å². The molecule has 0 spiro atoms. The van der Waals surface area contributed by atoms with Crippen LogP contribution in [0.2, 0.25) is 0 Å². The molecule has 1 aromatic carbocycles. The molecule has 8 nitrogen and oxygen atoms in total. The number of hydrogen-bond donors (Lipinski definition) is 1. The number of carbonyl (C=O) groups excluding carboxylic acids is 2. The summed E-state index contributed by atoms with van der Waals surface area (Å²) in [6, 6.07) is 5.46. The molecule has 1 aliphatic rings. The highest BCUT2D eigenvalue weighted by Gasteiger charge is 2.21. The monoisotopic (exact) mass is 365 g/mol. The highest BCUT2D eigenvalue weighted by Crippen LogP contribution is 2.27. The molecule has 0 unspecified atom stereocenters. The quantitative estimate of drug-likeness (QED) is 0.768. The molecule has 0 aliphatic carbocycles. The fraction of sp³-hybridized carbons (Fsp3) is 0.556. The highest BCUT2D eigenvalue weighted by molar-refractivity contribution is 5.78. The van der Waals surface area contributed by atoms with Crippen LogP contribution < -0.4 is 14.8 Å². The molecule has 2 amide bonds. The number of piperazine rings is 1. The van der Waals surface area contributed by atoms with Crippen LogP contribution >= 0.6 is 0 Å². The molecule has 0 radical (unpaired) electrons. The predicted octanol–water partition coefficient (Wildman–Crippen LogP) is 0.747. The number of carbonyl (C=O) groups is 2. The van der Waals surface area contributed by atoms with Crippen LogP contribution in [0.3, 0.4) is 0 Å². The zero-order valence-corrected chi connectivity index (χ0v) is 15.6. The second-order valence-electron chi connectivity index (χ2n) is 6.01. The van der Waals surface area contributed by atoms with Crippen LogP contribution in [-0.4, -0.2) is 82.4 Å². The van der Waals surface area contributed by atoms with Gasteiger partial charge in [0.25, 0.3) is 0 Å². The average molecular weight is 365 g/mol. The molecule has 0 atom stereocenters. The van der Waals surface area contributed by atoms with Crippen LogP contribution in [0.25, 0.3) is 0 Å². The largest absolute Gasteiger partial charge is 0.493 e. The predicted molar refractivity (Wildman–Crippen MR) is 96.7 cm³/mol. The van der Waals surface area contributed by atoms with Crippen molar-refractivity contribution in [1.29, 1.82) is 0 Å². The van der Waals surface area contributed by atoms with E-state index in [1.54, 1.807) is 25.2 Å². The number of benzene rings is 1. The number of methoxy groups -OCH3 is 3. The summed E-state index contributed by atoms with van der Waals surface area (Å²) >= 11 is 0. The number of nitrogens with one attached hydrogen (secondary N) is 1. The van der Waals surface area contributed by atoms with Crippen molar-refractivity contribution in [2.75, 3.05) is 60.6 Å². The first kappa shape index (κ1) is 19.8. The lowest BCUT2D eigenvalue weighted by molar-refractivity contribution is -0.120. The van der Waals surface area contributed by atoms with Gasteiger partial charge in [-0.25, -0.2) is 4.79 Å². The van der Waals surface area contributed by atoms with Gasteiger partial charge >= 0.3 is 6.09 Å². The molecular formula is C18H27N3O5. The van der Waals surface area contributed by atoms with E-state index in [2.05, 4.69) is 10.2 Å². The maximum absolute atomic E-state index is 12.1. The number of ether oxygens (including phenoxy) is 3. The van der Waals surface area contributed by atoms with Crippen molar-refractivity contribution in [1.82, 2.24) is 15.1 Å². The average Bonchev–Trinajstić information content (AvgIpc) is 2.67. The SMILES string of the molecule is COC(=O)N1CCN(CCNC(=O)Cc2ccc(OC)c(OC)c2)CC1. The number of nitrogens with zero attached hydrogens (tertiary/aromatic N) is 2. The molecule has 1 N–H and O–H groups in total.